The maximum Gasteiger partial charge on any atom is 0.241 e. The van der Waals surface area contributed by atoms with E-state index in [1.54, 1.807) is 17.8 Å². The summed E-state index contributed by atoms with van der Waals surface area (Å²) in [4.78, 5) is -0.0358. The van der Waals surface area contributed by atoms with Crippen LogP contribution in [0.15, 0.2) is 35.5 Å². The predicted octanol–water partition coefficient (Wildman–Crippen LogP) is 2.18. The SMILES string of the molecule is Cc1cnn([C@@H](C)CNS(=O)(=O)c2cc(F)ccc2C)c1. The monoisotopic (exact) mass is 311 g/mol. The molecule has 0 fully saturated rings. The van der Waals surface area contributed by atoms with Gasteiger partial charge in [-0.05, 0) is 44.0 Å². The van der Waals surface area contributed by atoms with Crippen molar-refractivity contribution in [3.05, 3.63) is 47.5 Å². The summed E-state index contributed by atoms with van der Waals surface area (Å²) < 4.78 is 41.9. The molecular formula is C14H18FN3O2S. The molecule has 0 amide bonds. The number of nitrogens with zero attached hydrogens (tertiary/aromatic N) is 2. The van der Waals surface area contributed by atoms with E-state index < -0.39 is 15.8 Å². The molecule has 1 aromatic carbocycles. The van der Waals surface area contributed by atoms with Crippen LogP contribution in [0.25, 0.3) is 0 Å². The quantitative estimate of drug-likeness (QED) is 0.920. The number of rotatable bonds is 5. The van der Waals surface area contributed by atoms with E-state index in [-0.39, 0.29) is 17.5 Å². The van der Waals surface area contributed by atoms with Crippen LogP contribution in [-0.2, 0) is 10.0 Å². The summed E-state index contributed by atoms with van der Waals surface area (Å²) in [5.41, 5.74) is 1.51. The highest BCUT2D eigenvalue weighted by molar-refractivity contribution is 7.89. The minimum absolute atomic E-state index is 0.0358. The van der Waals surface area contributed by atoms with Crippen molar-refractivity contribution in [2.75, 3.05) is 6.54 Å². The summed E-state index contributed by atoms with van der Waals surface area (Å²) in [5.74, 6) is -0.572. The molecular weight excluding hydrogens is 293 g/mol. The highest BCUT2D eigenvalue weighted by atomic mass is 32.2. The Morgan fingerprint density at radius 3 is 2.71 bits per heavy atom. The molecule has 7 heteroatoms. The zero-order valence-electron chi connectivity index (χ0n) is 12.2. The van der Waals surface area contributed by atoms with E-state index in [0.717, 1.165) is 11.6 Å². The molecule has 1 heterocycles. The Hall–Kier alpha value is -1.73. The molecule has 21 heavy (non-hydrogen) atoms. The fourth-order valence-corrected chi connectivity index (χ4v) is 3.31. The Morgan fingerprint density at radius 1 is 1.38 bits per heavy atom. The van der Waals surface area contributed by atoms with E-state index in [1.807, 2.05) is 20.0 Å². The third kappa shape index (κ3) is 3.68. The van der Waals surface area contributed by atoms with E-state index >= 15 is 0 Å². The summed E-state index contributed by atoms with van der Waals surface area (Å²) in [6.45, 7) is 5.58. The van der Waals surface area contributed by atoms with Gasteiger partial charge in [0.2, 0.25) is 10.0 Å². The van der Waals surface area contributed by atoms with Crippen LogP contribution in [0.2, 0.25) is 0 Å². The molecule has 0 spiro atoms. The highest BCUT2D eigenvalue weighted by Gasteiger charge is 2.19. The van der Waals surface area contributed by atoms with Crippen molar-refractivity contribution < 1.29 is 12.8 Å². The Bertz CT molecular complexity index is 740. The van der Waals surface area contributed by atoms with Crippen molar-refractivity contribution in [1.82, 2.24) is 14.5 Å². The zero-order valence-corrected chi connectivity index (χ0v) is 13.0. The third-order valence-electron chi connectivity index (χ3n) is 3.19. The van der Waals surface area contributed by atoms with Crippen molar-refractivity contribution >= 4 is 10.0 Å². The van der Waals surface area contributed by atoms with Crippen molar-refractivity contribution in [1.29, 1.82) is 0 Å². The standard InChI is InChI=1S/C14H18FN3O2S/c1-10-7-16-18(9-10)12(3)8-17-21(19,20)14-6-13(15)5-4-11(14)2/h4-7,9,12,17H,8H2,1-3H3/t12-/m0/s1. The smallest absolute Gasteiger partial charge is 0.241 e. The van der Waals surface area contributed by atoms with E-state index in [2.05, 4.69) is 9.82 Å². The summed E-state index contributed by atoms with van der Waals surface area (Å²) in [6.07, 6.45) is 3.55. The number of halogens is 1. The van der Waals surface area contributed by atoms with Gasteiger partial charge in [0, 0.05) is 12.7 Å². The molecule has 0 saturated heterocycles. The Morgan fingerprint density at radius 2 is 2.10 bits per heavy atom. The molecule has 0 bridgehead atoms. The fraction of sp³-hybridized carbons (Fsp3) is 0.357. The summed E-state index contributed by atoms with van der Waals surface area (Å²) in [7, 11) is -3.74. The maximum absolute atomic E-state index is 13.2. The van der Waals surface area contributed by atoms with Crippen LogP contribution >= 0.6 is 0 Å². The summed E-state index contributed by atoms with van der Waals surface area (Å²) in [5, 5.41) is 4.14. The molecule has 1 aromatic heterocycles. The van der Waals surface area contributed by atoms with Crippen LogP contribution in [0.1, 0.15) is 24.1 Å². The van der Waals surface area contributed by atoms with Crippen LogP contribution in [-0.4, -0.2) is 24.7 Å². The second-order valence-electron chi connectivity index (χ2n) is 5.11. The van der Waals surface area contributed by atoms with Crippen LogP contribution in [0.4, 0.5) is 4.39 Å². The predicted molar refractivity (Wildman–Crippen MR) is 78.0 cm³/mol. The first-order valence-electron chi connectivity index (χ1n) is 6.56. The lowest BCUT2D eigenvalue weighted by Crippen LogP contribution is -2.30. The van der Waals surface area contributed by atoms with E-state index in [1.165, 1.54) is 12.1 Å². The second-order valence-corrected chi connectivity index (χ2v) is 6.84. The normalized spacial score (nSPS) is 13.3. The molecule has 0 radical (unpaired) electrons. The van der Waals surface area contributed by atoms with Crippen molar-refractivity contribution in [2.24, 2.45) is 0 Å². The summed E-state index contributed by atoms with van der Waals surface area (Å²) in [6, 6.07) is 3.58. The number of aryl methyl sites for hydroxylation is 2. The molecule has 2 rings (SSSR count). The van der Waals surface area contributed by atoms with E-state index in [9.17, 15) is 12.8 Å². The van der Waals surface area contributed by atoms with E-state index in [4.69, 9.17) is 0 Å². The number of aromatic nitrogens is 2. The molecule has 114 valence electrons. The van der Waals surface area contributed by atoms with Gasteiger partial charge in [-0.1, -0.05) is 6.07 Å². The summed E-state index contributed by atoms with van der Waals surface area (Å²) >= 11 is 0. The third-order valence-corrected chi connectivity index (χ3v) is 4.76. The maximum atomic E-state index is 13.2. The second kappa shape index (κ2) is 5.95. The average Bonchev–Trinajstić information content (AvgIpc) is 2.85. The average molecular weight is 311 g/mol. The van der Waals surface area contributed by atoms with Crippen LogP contribution < -0.4 is 4.72 Å². The first-order chi connectivity index (χ1) is 9.79. The zero-order chi connectivity index (χ0) is 15.6. The minimum Gasteiger partial charge on any atom is -0.268 e. The van der Waals surface area contributed by atoms with E-state index in [0.29, 0.717) is 5.56 Å². The first kappa shape index (κ1) is 15.7. The minimum atomic E-state index is -3.74. The number of benzene rings is 1. The van der Waals surface area contributed by atoms with Gasteiger partial charge in [0.15, 0.2) is 0 Å². The lowest BCUT2D eigenvalue weighted by atomic mass is 10.2. The van der Waals surface area contributed by atoms with Gasteiger partial charge in [0.1, 0.15) is 5.82 Å². The van der Waals surface area contributed by atoms with Gasteiger partial charge in [-0.25, -0.2) is 17.5 Å². The topological polar surface area (TPSA) is 64.0 Å². The molecule has 0 saturated carbocycles. The Kier molecular flexibility index (Phi) is 4.43. The largest absolute Gasteiger partial charge is 0.268 e. The Labute approximate surface area is 123 Å². The molecule has 0 aliphatic carbocycles. The van der Waals surface area contributed by atoms with Crippen LogP contribution in [0, 0.1) is 19.7 Å². The van der Waals surface area contributed by atoms with Crippen LogP contribution in [0.5, 0.6) is 0 Å². The first-order valence-corrected chi connectivity index (χ1v) is 8.04. The Balaban J connectivity index is 2.13. The van der Waals surface area contributed by atoms with Gasteiger partial charge in [0.25, 0.3) is 0 Å². The van der Waals surface area contributed by atoms with Gasteiger partial charge in [-0.2, -0.15) is 5.10 Å². The number of sulfonamides is 1. The molecule has 1 atom stereocenters. The van der Waals surface area contributed by atoms with Gasteiger partial charge < -0.3 is 0 Å². The lowest BCUT2D eigenvalue weighted by Gasteiger charge is -2.14. The van der Waals surface area contributed by atoms with Crippen molar-refractivity contribution in [2.45, 2.75) is 31.7 Å². The molecule has 0 unspecified atom stereocenters. The molecule has 5 nitrogen and oxygen atoms in total. The van der Waals surface area contributed by atoms with Gasteiger partial charge >= 0.3 is 0 Å². The fourth-order valence-electron chi connectivity index (χ4n) is 1.94. The highest BCUT2D eigenvalue weighted by Crippen LogP contribution is 2.16. The van der Waals surface area contributed by atoms with Gasteiger partial charge in [-0.15, -0.1) is 0 Å². The van der Waals surface area contributed by atoms with Crippen molar-refractivity contribution in [3.63, 3.8) is 0 Å². The van der Waals surface area contributed by atoms with Crippen molar-refractivity contribution in [3.8, 4) is 0 Å². The number of nitrogens with one attached hydrogen (secondary N) is 1. The molecule has 0 aliphatic heterocycles. The van der Waals surface area contributed by atoms with Gasteiger partial charge in [0.05, 0.1) is 17.1 Å². The number of hydrogen-bond acceptors (Lipinski definition) is 3. The number of hydrogen-bond donors (Lipinski definition) is 1. The lowest BCUT2D eigenvalue weighted by molar-refractivity contribution is 0.478. The molecule has 1 N–H and O–H groups in total. The van der Waals surface area contributed by atoms with Crippen LogP contribution in [0.3, 0.4) is 0 Å². The molecule has 0 aliphatic rings. The van der Waals surface area contributed by atoms with Gasteiger partial charge in [-0.3, -0.25) is 4.68 Å². The molecule has 2 aromatic rings.